The Morgan fingerprint density at radius 2 is 1.82 bits per heavy atom. The van der Waals surface area contributed by atoms with Gasteiger partial charge in [0.2, 0.25) is 5.91 Å². The third-order valence-corrected chi connectivity index (χ3v) is 5.29. The molecule has 0 spiro atoms. The highest BCUT2D eigenvalue weighted by molar-refractivity contribution is 7.80. The second-order valence-electron chi connectivity index (χ2n) is 6.57. The van der Waals surface area contributed by atoms with E-state index in [4.69, 9.17) is 0 Å². The molecule has 0 bridgehead atoms. The summed E-state index contributed by atoms with van der Waals surface area (Å²) in [6, 6.07) is 4.42. The van der Waals surface area contributed by atoms with E-state index in [1.807, 2.05) is 18.7 Å². The molecule has 2 rings (SSSR count). The number of nitrogens with zero attached hydrogens (tertiary/aromatic N) is 4. The maximum absolute atomic E-state index is 12.7. The number of thiol groups is 1. The van der Waals surface area contributed by atoms with E-state index in [0.29, 0.717) is 51.4 Å². The summed E-state index contributed by atoms with van der Waals surface area (Å²) in [5.41, 5.74) is 0.465. The van der Waals surface area contributed by atoms with Crippen molar-refractivity contribution in [2.75, 3.05) is 45.8 Å². The van der Waals surface area contributed by atoms with E-state index < -0.39 is 4.92 Å². The average molecular weight is 407 g/mol. The molecule has 0 aliphatic carbocycles. The van der Waals surface area contributed by atoms with Crippen molar-refractivity contribution in [3.8, 4) is 0 Å². The van der Waals surface area contributed by atoms with Gasteiger partial charge >= 0.3 is 0 Å². The summed E-state index contributed by atoms with van der Waals surface area (Å²) >= 11 is 4.07. The molecule has 28 heavy (non-hydrogen) atoms. The molecule has 152 valence electrons. The lowest BCUT2D eigenvalue weighted by Crippen LogP contribution is -2.51. The minimum Gasteiger partial charge on any atom is -0.342 e. The molecule has 0 atom stereocenters. The van der Waals surface area contributed by atoms with Crippen LogP contribution in [-0.2, 0) is 9.59 Å². The van der Waals surface area contributed by atoms with Crippen LogP contribution in [0, 0.1) is 10.1 Å². The molecule has 1 saturated heterocycles. The number of hydrogen-bond donors (Lipinski definition) is 1. The summed E-state index contributed by atoms with van der Waals surface area (Å²) in [6.45, 7) is 11.6. The zero-order valence-corrected chi connectivity index (χ0v) is 17.2. The summed E-state index contributed by atoms with van der Waals surface area (Å²) in [5, 5.41) is 11.1. The van der Waals surface area contributed by atoms with Crippen molar-refractivity contribution in [3.05, 3.63) is 40.5 Å². The lowest BCUT2D eigenvalue weighted by Gasteiger charge is -2.35. The molecule has 1 aromatic rings. The number of nitro benzene ring substituents is 1. The predicted octanol–water partition coefficient (Wildman–Crippen LogP) is 1.91. The monoisotopic (exact) mass is 406 g/mol. The molecule has 2 amide bonds. The fraction of sp³-hybridized carbons (Fsp3) is 0.474. The van der Waals surface area contributed by atoms with Crippen LogP contribution in [0.3, 0.4) is 0 Å². The van der Waals surface area contributed by atoms with Crippen LogP contribution in [0.1, 0.15) is 19.4 Å². The summed E-state index contributed by atoms with van der Waals surface area (Å²) in [4.78, 5) is 41.2. The van der Waals surface area contributed by atoms with Gasteiger partial charge in [0.25, 0.3) is 11.6 Å². The Morgan fingerprint density at radius 1 is 1.21 bits per heavy atom. The third-order valence-electron chi connectivity index (χ3n) is 4.91. The first-order chi connectivity index (χ1) is 13.3. The summed E-state index contributed by atoms with van der Waals surface area (Å²) in [7, 11) is 0. The predicted molar refractivity (Wildman–Crippen MR) is 110 cm³/mol. The van der Waals surface area contributed by atoms with Crippen LogP contribution in [0.25, 0.3) is 5.57 Å². The van der Waals surface area contributed by atoms with E-state index in [2.05, 4.69) is 19.2 Å². The standard InChI is InChI=1S/C19H26N4O4S/c1-4-21(5-2)18(24)13-20-8-10-22(11-9-20)19(25)14(3)15-6-7-17(28)16(12-15)23(26)27/h6-7,12,28H,3-5,8-11,13H2,1-2H3. The zero-order valence-electron chi connectivity index (χ0n) is 16.3. The number of hydrogen-bond acceptors (Lipinski definition) is 6. The summed E-state index contributed by atoms with van der Waals surface area (Å²) in [5.74, 6) is -0.163. The smallest absolute Gasteiger partial charge is 0.283 e. The second kappa shape index (κ2) is 9.70. The van der Waals surface area contributed by atoms with Crippen LogP contribution < -0.4 is 0 Å². The first-order valence-corrected chi connectivity index (χ1v) is 9.69. The molecule has 9 heteroatoms. The molecule has 0 aromatic heterocycles. The Hall–Kier alpha value is -2.39. The minimum atomic E-state index is -0.532. The second-order valence-corrected chi connectivity index (χ2v) is 7.06. The Bertz CT molecular complexity index is 771. The van der Waals surface area contributed by atoms with E-state index in [-0.39, 0.29) is 28.0 Å². The fourth-order valence-corrected chi connectivity index (χ4v) is 3.37. The number of amides is 2. The van der Waals surface area contributed by atoms with Crippen molar-refractivity contribution < 1.29 is 14.5 Å². The maximum atomic E-state index is 12.7. The van der Waals surface area contributed by atoms with E-state index in [1.54, 1.807) is 15.9 Å². The number of benzene rings is 1. The van der Waals surface area contributed by atoms with Crippen molar-refractivity contribution in [3.63, 3.8) is 0 Å². The van der Waals surface area contributed by atoms with Crippen molar-refractivity contribution >= 4 is 35.7 Å². The average Bonchev–Trinajstić information content (AvgIpc) is 2.68. The number of carbonyl (C=O) groups excluding carboxylic acids is 2. The Balaban J connectivity index is 1.96. The summed E-state index contributed by atoms with van der Waals surface area (Å²) < 4.78 is 0. The van der Waals surface area contributed by atoms with Crippen LogP contribution >= 0.6 is 12.6 Å². The lowest BCUT2D eigenvalue weighted by atomic mass is 10.1. The van der Waals surface area contributed by atoms with Gasteiger partial charge in [0.05, 0.1) is 16.4 Å². The van der Waals surface area contributed by atoms with Gasteiger partial charge in [-0.2, -0.15) is 0 Å². The van der Waals surface area contributed by atoms with E-state index >= 15 is 0 Å². The number of likely N-dealkylation sites (N-methyl/N-ethyl adjacent to an activating group) is 1. The molecule has 0 N–H and O–H groups in total. The fourth-order valence-electron chi connectivity index (χ4n) is 3.15. The molecule has 1 aliphatic rings. The molecule has 1 fully saturated rings. The molecule has 8 nitrogen and oxygen atoms in total. The zero-order chi connectivity index (χ0) is 20.8. The highest BCUT2D eigenvalue weighted by Gasteiger charge is 2.26. The largest absolute Gasteiger partial charge is 0.342 e. The van der Waals surface area contributed by atoms with Gasteiger partial charge in [-0.1, -0.05) is 12.6 Å². The Morgan fingerprint density at radius 3 is 2.36 bits per heavy atom. The Labute approximate surface area is 170 Å². The normalized spacial score (nSPS) is 14.6. The maximum Gasteiger partial charge on any atom is 0.283 e. The van der Waals surface area contributed by atoms with Gasteiger partial charge in [-0.05, 0) is 25.5 Å². The number of nitro groups is 1. The van der Waals surface area contributed by atoms with Crippen molar-refractivity contribution in [1.29, 1.82) is 0 Å². The molecule has 1 aromatic carbocycles. The van der Waals surface area contributed by atoms with Gasteiger partial charge in [0.15, 0.2) is 0 Å². The van der Waals surface area contributed by atoms with Crippen LogP contribution in [0.4, 0.5) is 5.69 Å². The van der Waals surface area contributed by atoms with Crippen molar-refractivity contribution in [2.45, 2.75) is 18.7 Å². The molecule has 0 unspecified atom stereocenters. The van der Waals surface area contributed by atoms with Gasteiger partial charge in [0, 0.05) is 50.9 Å². The molecular weight excluding hydrogens is 380 g/mol. The number of carbonyl (C=O) groups is 2. The van der Waals surface area contributed by atoms with Crippen LogP contribution in [0.5, 0.6) is 0 Å². The van der Waals surface area contributed by atoms with Crippen LogP contribution in [-0.4, -0.2) is 77.3 Å². The van der Waals surface area contributed by atoms with Gasteiger partial charge in [0.1, 0.15) is 0 Å². The molecule has 0 saturated carbocycles. The van der Waals surface area contributed by atoms with Gasteiger partial charge in [-0.25, -0.2) is 0 Å². The first-order valence-electron chi connectivity index (χ1n) is 9.24. The highest BCUT2D eigenvalue weighted by Crippen LogP contribution is 2.27. The molecular formula is C19H26N4O4S. The van der Waals surface area contributed by atoms with E-state index in [9.17, 15) is 19.7 Å². The number of rotatable bonds is 7. The quantitative estimate of drug-likeness (QED) is 0.324. The first kappa shape index (κ1) is 21.9. The van der Waals surface area contributed by atoms with E-state index in [1.165, 1.54) is 12.1 Å². The highest BCUT2D eigenvalue weighted by atomic mass is 32.1. The lowest BCUT2D eigenvalue weighted by molar-refractivity contribution is -0.387. The van der Waals surface area contributed by atoms with Crippen molar-refractivity contribution in [1.82, 2.24) is 14.7 Å². The number of piperazine rings is 1. The minimum absolute atomic E-state index is 0.0911. The van der Waals surface area contributed by atoms with Crippen molar-refractivity contribution in [2.24, 2.45) is 0 Å². The summed E-state index contributed by atoms with van der Waals surface area (Å²) in [6.07, 6.45) is 0. The van der Waals surface area contributed by atoms with Gasteiger partial charge in [-0.3, -0.25) is 24.6 Å². The topological polar surface area (TPSA) is 87.0 Å². The van der Waals surface area contributed by atoms with Gasteiger partial charge in [-0.15, -0.1) is 12.6 Å². The molecule has 1 heterocycles. The van der Waals surface area contributed by atoms with E-state index in [0.717, 1.165) is 0 Å². The van der Waals surface area contributed by atoms with Gasteiger partial charge < -0.3 is 9.80 Å². The SMILES string of the molecule is C=C(C(=O)N1CCN(CC(=O)N(CC)CC)CC1)c1ccc(S)c([N+](=O)[O-])c1. The van der Waals surface area contributed by atoms with Crippen LogP contribution in [0.15, 0.2) is 29.7 Å². The molecule has 0 radical (unpaired) electrons. The third kappa shape index (κ3) is 5.11. The van der Waals surface area contributed by atoms with Crippen LogP contribution in [0.2, 0.25) is 0 Å². The Kier molecular flexibility index (Phi) is 7.59. The molecule has 1 aliphatic heterocycles.